The first kappa shape index (κ1) is 30.8. The minimum atomic E-state index is -0.615. The molecule has 3 atom stereocenters. The number of Topliss-reactive ketones (excluding diaryl/α,β-unsaturated/α-hetero) is 1. The Kier molecular flexibility index (Phi) is 16.7. The Morgan fingerprint density at radius 2 is 1.54 bits per heavy atom. The first-order valence-electron chi connectivity index (χ1n) is 13.5. The van der Waals surface area contributed by atoms with Crippen LogP contribution in [0.15, 0.2) is 30.3 Å². The molecule has 7 nitrogen and oxygen atoms in total. The van der Waals surface area contributed by atoms with Gasteiger partial charge in [-0.05, 0) is 50.6 Å². The lowest BCUT2D eigenvalue weighted by Gasteiger charge is -2.19. The van der Waals surface area contributed by atoms with Crippen LogP contribution in [0.5, 0.6) is 0 Å². The number of carbonyl (C=O) groups is 3. The zero-order valence-electron chi connectivity index (χ0n) is 21.9. The molecule has 0 heterocycles. The molecule has 35 heavy (non-hydrogen) atoms. The number of carbonyl (C=O) groups excluding carboxylic acids is 3. The van der Waals surface area contributed by atoms with E-state index in [0.29, 0.717) is 38.9 Å². The quantitative estimate of drug-likeness (QED) is 0.209. The van der Waals surface area contributed by atoms with Crippen molar-refractivity contribution in [3.05, 3.63) is 35.9 Å². The molecule has 3 unspecified atom stereocenters. The number of hydrogen-bond donors (Lipinski definition) is 4. The van der Waals surface area contributed by atoms with Gasteiger partial charge in [-0.15, -0.1) is 0 Å². The van der Waals surface area contributed by atoms with Crippen LogP contribution in [-0.4, -0.2) is 43.3 Å². The van der Waals surface area contributed by atoms with Crippen LogP contribution in [0, 0.1) is 11.8 Å². The zero-order valence-corrected chi connectivity index (χ0v) is 21.9. The summed E-state index contributed by atoms with van der Waals surface area (Å²) in [7, 11) is 0. The average Bonchev–Trinajstić information content (AvgIpc) is 2.85. The second-order valence-corrected chi connectivity index (χ2v) is 9.63. The molecule has 0 aliphatic carbocycles. The fourth-order valence-electron chi connectivity index (χ4n) is 4.09. The standard InChI is InChI=1S/C28H48N4O3/c1-3-4-5-11-18-31-27(34)24(21-26(33)22(2)13-9-10-17-29)16-12-19-32-28(35)25(30)20-23-14-7-6-8-15-23/h6-8,14-15,22,24-25H,3-5,9-13,16-21,29-30H2,1-2H3,(H,31,34)(H,32,35). The molecular weight excluding hydrogens is 440 g/mol. The van der Waals surface area contributed by atoms with Crippen molar-refractivity contribution in [2.24, 2.45) is 23.3 Å². The highest BCUT2D eigenvalue weighted by atomic mass is 16.2. The molecule has 7 heteroatoms. The van der Waals surface area contributed by atoms with Gasteiger partial charge < -0.3 is 22.1 Å². The third-order valence-corrected chi connectivity index (χ3v) is 6.45. The van der Waals surface area contributed by atoms with E-state index >= 15 is 0 Å². The summed E-state index contributed by atoms with van der Waals surface area (Å²) in [6.07, 6.45) is 8.87. The normalized spacial score (nSPS) is 13.6. The first-order chi connectivity index (χ1) is 16.9. The second kappa shape index (κ2) is 19.0. The molecule has 198 valence electrons. The maximum Gasteiger partial charge on any atom is 0.237 e. The van der Waals surface area contributed by atoms with Crippen molar-refractivity contribution in [2.45, 2.75) is 90.5 Å². The van der Waals surface area contributed by atoms with Crippen LogP contribution in [-0.2, 0) is 20.8 Å². The highest BCUT2D eigenvalue weighted by Crippen LogP contribution is 2.18. The number of rotatable bonds is 20. The minimum absolute atomic E-state index is 0.0592. The molecule has 1 aromatic rings. The van der Waals surface area contributed by atoms with Gasteiger partial charge in [-0.25, -0.2) is 0 Å². The lowest BCUT2D eigenvalue weighted by atomic mass is 9.89. The largest absolute Gasteiger partial charge is 0.356 e. The van der Waals surface area contributed by atoms with Crippen molar-refractivity contribution in [1.82, 2.24) is 10.6 Å². The van der Waals surface area contributed by atoms with Gasteiger partial charge in [0, 0.05) is 31.3 Å². The van der Waals surface area contributed by atoms with Gasteiger partial charge in [0.2, 0.25) is 11.8 Å². The van der Waals surface area contributed by atoms with Crippen LogP contribution < -0.4 is 22.1 Å². The molecule has 1 rings (SSSR count). The summed E-state index contributed by atoms with van der Waals surface area (Å²) in [5.41, 5.74) is 12.6. The molecule has 0 fully saturated rings. The molecule has 0 aromatic heterocycles. The van der Waals surface area contributed by atoms with Crippen molar-refractivity contribution in [3.63, 3.8) is 0 Å². The van der Waals surface area contributed by atoms with Gasteiger partial charge >= 0.3 is 0 Å². The Morgan fingerprint density at radius 3 is 2.23 bits per heavy atom. The highest BCUT2D eigenvalue weighted by molar-refractivity contribution is 5.87. The monoisotopic (exact) mass is 488 g/mol. The summed E-state index contributed by atoms with van der Waals surface area (Å²) in [5.74, 6) is -0.578. The predicted molar refractivity (Wildman–Crippen MR) is 143 cm³/mol. The second-order valence-electron chi connectivity index (χ2n) is 9.63. The van der Waals surface area contributed by atoms with Crippen molar-refractivity contribution < 1.29 is 14.4 Å². The van der Waals surface area contributed by atoms with Gasteiger partial charge in [0.15, 0.2) is 0 Å². The van der Waals surface area contributed by atoms with Crippen LogP contribution in [0.25, 0.3) is 0 Å². The molecule has 2 amide bonds. The topological polar surface area (TPSA) is 127 Å². The zero-order chi connectivity index (χ0) is 25.9. The number of nitrogens with one attached hydrogen (secondary N) is 2. The summed E-state index contributed by atoms with van der Waals surface area (Å²) in [6.45, 7) is 5.79. The van der Waals surface area contributed by atoms with Crippen molar-refractivity contribution in [3.8, 4) is 0 Å². The number of amides is 2. The van der Waals surface area contributed by atoms with Gasteiger partial charge in [0.1, 0.15) is 5.78 Å². The molecule has 1 aromatic carbocycles. The van der Waals surface area contributed by atoms with E-state index in [4.69, 9.17) is 11.5 Å². The van der Waals surface area contributed by atoms with E-state index in [1.54, 1.807) is 0 Å². The lowest BCUT2D eigenvalue weighted by molar-refractivity contribution is -0.131. The van der Waals surface area contributed by atoms with E-state index in [0.717, 1.165) is 50.5 Å². The smallest absolute Gasteiger partial charge is 0.237 e. The lowest BCUT2D eigenvalue weighted by Crippen LogP contribution is -2.42. The van der Waals surface area contributed by atoms with Crippen LogP contribution in [0.2, 0.25) is 0 Å². The summed E-state index contributed by atoms with van der Waals surface area (Å²) in [5, 5.41) is 5.90. The fraction of sp³-hybridized carbons (Fsp3) is 0.679. The highest BCUT2D eigenvalue weighted by Gasteiger charge is 2.24. The third-order valence-electron chi connectivity index (χ3n) is 6.45. The van der Waals surface area contributed by atoms with Crippen molar-refractivity contribution in [1.29, 1.82) is 0 Å². The molecular formula is C28H48N4O3. The molecule has 0 aliphatic heterocycles. The number of hydrogen-bond acceptors (Lipinski definition) is 5. The maximum atomic E-state index is 12.8. The van der Waals surface area contributed by atoms with Crippen LogP contribution in [0.3, 0.4) is 0 Å². The van der Waals surface area contributed by atoms with Gasteiger partial charge in [0.25, 0.3) is 0 Å². The molecule has 6 N–H and O–H groups in total. The van der Waals surface area contributed by atoms with Gasteiger partial charge in [-0.3, -0.25) is 14.4 Å². The summed E-state index contributed by atoms with van der Waals surface area (Å²) in [4.78, 5) is 38.0. The third kappa shape index (κ3) is 14.0. The van der Waals surface area contributed by atoms with E-state index < -0.39 is 6.04 Å². The summed E-state index contributed by atoms with van der Waals surface area (Å²) < 4.78 is 0. The number of unbranched alkanes of at least 4 members (excludes halogenated alkanes) is 4. The number of nitrogens with two attached hydrogens (primary N) is 2. The molecule has 0 bridgehead atoms. The Hall–Kier alpha value is -2.25. The van der Waals surface area contributed by atoms with E-state index in [-0.39, 0.29) is 35.9 Å². The Balaban J connectivity index is 2.52. The summed E-state index contributed by atoms with van der Waals surface area (Å²) >= 11 is 0. The van der Waals surface area contributed by atoms with Crippen molar-refractivity contribution >= 4 is 17.6 Å². The molecule has 0 saturated heterocycles. The van der Waals surface area contributed by atoms with E-state index in [9.17, 15) is 14.4 Å². The molecule has 0 aliphatic rings. The van der Waals surface area contributed by atoms with Crippen molar-refractivity contribution in [2.75, 3.05) is 19.6 Å². The van der Waals surface area contributed by atoms with E-state index in [2.05, 4.69) is 17.6 Å². The summed E-state index contributed by atoms with van der Waals surface area (Å²) in [6, 6.07) is 9.07. The molecule has 0 radical (unpaired) electrons. The SMILES string of the molecule is CCCCCCNC(=O)C(CCCNC(=O)C(N)Cc1ccccc1)CC(=O)C(C)CCCCN. The van der Waals surface area contributed by atoms with Crippen LogP contribution >= 0.6 is 0 Å². The average molecular weight is 489 g/mol. The molecule has 0 saturated carbocycles. The minimum Gasteiger partial charge on any atom is -0.356 e. The number of benzene rings is 1. The molecule has 0 spiro atoms. The Morgan fingerprint density at radius 1 is 0.857 bits per heavy atom. The fourth-order valence-corrected chi connectivity index (χ4v) is 4.09. The Bertz CT molecular complexity index is 726. The first-order valence-corrected chi connectivity index (χ1v) is 13.5. The van der Waals surface area contributed by atoms with Crippen LogP contribution in [0.4, 0.5) is 0 Å². The van der Waals surface area contributed by atoms with Gasteiger partial charge in [0.05, 0.1) is 6.04 Å². The van der Waals surface area contributed by atoms with E-state index in [1.807, 2.05) is 37.3 Å². The van der Waals surface area contributed by atoms with E-state index in [1.165, 1.54) is 0 Å². The van der Waals surface area contributed by atoms with Gasteiger partial charge in [-0.1, -0.05) is 69.9 Å². The van der Waals surface area contributed by atoms with Gasteiger partial charge in [-0.2, -0.15) is 0 Å². The number of ketones is 1. The maximum absolute atomic E-state index is 12.8. The Labute approximate surface area is 212 Å². The van der Waals surface area contributed by atoms with Crippen LogP contribution in [0.1, 0.15) is 83.6 Å². The predicted octanol–water partition coefficient (Wildman–Crippen LogP) is 3.49.